The molecule has 0 saturated heterocycles. The van der Waals surface area contributed by atoms with Crippen molar-refractivity contribution >= 4 is 17.6 Å². The highest BCUT2D eigenvalue weighted by Gasteiger charge is 2.22. The fourth-order valence-corrected chi connectivity index (χ4v) is 1.84. The van der Waals surface area contributed by atoms with E-state index >= 15 is 0 Å². The topological polar surface area (TPSA) is 83.1 Å². The smallest absolute Gasteiger partial charge is 0.251 e. The van der Waals surface area contributed by atoms with Gasteiger partial charge in [-0.3, -0.25) is 9.59 Å². The minimum atomic E-state index is -0.184. The summed E-state index contributed by atoms with van der Waals surface area (Å²) in [4.78, 5) is 27.6. The van der Waals surface area contributed by atoms with Crippen LogP contribution >= 0.6 is 0 Å². The van der Waals surface area contributed by atoms with Crippen molar-refractivity contribution < 1.29 is 9.59 Å². The van der Waals surface area contributed by atoms with E-state index in [0.29, 0.717) is 30.4 Å². The van der Waals surface area contributed by atoms with Crippen molar-refractivity contribution in [2.45, 2.75) is 38.6 Å². The Balaban J connectivity index is 1.75. The molecule has 1 aliphatic rings. The zero-order valence-electron chi connectivity index (χ0n) is 12.3. The van der Waals surface area contributed by atoms with Gasteiger partial charge >= 0.3 is 0 Å². The first-order valence-corrected chi connectivity index (χ1v) is 7.46. The average molecular weight is 290 g/mol. The molecule has 0 spiro atoms. The Morgan fingerprint density at radius 2 is 2.14 bits per heavy atom. The Labute approximate surface area is 124 Å². The van der Waals surface area contributed by atoms with Crippen LogP contribution in [0, 0.1) is 0 Å². The standard InChI is InChI=1S/C15H22N4O2/c1-2-7-16-13-10-11(5-8-17-13)15(21)18-9-6-14(20)19-12-3-4-12/h5,8,10,12H,2-4,6-7,9H2,1H3,(H,16,17)(H,18,21)(H,19,20). The minimum Gasteiger partial charge on any atom is -0.370 e. The van der Waals surface area contributed by atoms with Gasteiger partial charge in [0.25, 0.3) is 5.91 Å². The molecule has 0 atom stereocenters. The van der Waals surface area contributed by atoms with E-state index in [1.54, 1.807) is 18.3 Å². The quantitative estimate of drug-likeness (QED) is 0.674. The molecule has 1 aromatic rings. The van der Waals surface area contributed by atoms with Crippen LogP contribution in [0.2, 0.25) is 0 Å². The molecule has 1 saturated carbocycles. The van der Waals surface area contributed by atoms with Crippen LogP contribution in [-0.4, -0.2) is 35.9 Å². The minimum absolute atomic E-state index is 0.00201. The molecule has 3 N–H and O–H groups in total. The van der Waals surface area contributed by atoms with Gasteiger partial charge in [-0.25, -0.2) is 4.98 Å². The Hall–Kier alpha value is -2.11. The van der Waals surface area contributed by atoms with Crippen LogP contribution < -0.4 is 16.0 Å². The molecule has 2 rings (SSSR count). The van der Waals surface area contributed by atoms with Crippen molar-refractivity contribution in [2.75, 3.05) is 18.4 Å². The lowest BCUT2D eigenvalue weighted by atomic mass is 10.2. The van der Waals surface area contributed by atoms with Crippen molar-refractivity contribution in [2.24, 2.45) is 0 Å². The Bertz CT molecular complexity index is 500. The number of amides is 2. The summed E-state index contributed by atoms with van der Waals surface area (Å²) in [7, 11) is 0. The molecule has 114 valence electrons. The first kappa shape index (κ1) is 15.3. The summed E-state index contributed by atoms with van der Waals surface area (Å²) >= 11 is 0. The van der Waals surface area contributed by atoms with Crippen molar-refractivity contribution in [1.29, 1.82) is 0 Å². The Morgan fingerprint density at radius 1 is 1.33 bits per heavy atom. The van der Waals surface area contributed by atoms with E-state index in [9.17, 15) is 9.59 Å². The molecule has 0 unspecified atom stereocenters. The van der Waals surface area contributed by atoms with E-state index in [1.165, 1.54) is 0 Å². The van der Waals surface area contributed by atoms with Gasteiger partial charge in [0.15, 0.2) is 0 Å². The number of aromatic nitrogens is 1. The van der Waals surface area contributed by atoms with Crippen LogP contribution in [0.25, 0.3) is 0 Å². The van der Waals surface area contributed by atoms with Crippen LogP contribution in [0.1, 0.15) is 43.0 Å². The van der Waals surface area contributed by atoms with Gasteiger partial charge in [-0.15, -0.1) is 0 Å². The molecule has 0 bridgehead atoms. The van der Waals surface area contributed by atoms with Gasteiger partial charge in [0, 0.05) is 37.3 Å². The van der Waals surface area contributed by atoms with Crippen LogP contribution in [-0.2, 0) is 4.79 Å². The number of hydrogen-bond donors (Lipinski definition) is 3. The summed E-state index contributed by atoms with van der Waals surface area (Å²) in [6, 6.07) is 3.74. The third kappa shape index (κ3) is 5.41. The molecular weight excluding hydrogens is 268 g/mol. The van der Waals surface area contributed by atoms with Crippen LogP contribution in [0.4, 0.5) is 5.82 Å². The summed E-state index contributed by atoms with van der Waals surface area (Å²) < 4.78 is 0. The Morgan fingerprint density at radius 3 is 2.86 bits per heavy atom. The number of carbonyl (C=O) groups is 2. The summed E-state index contributed by atoms with van der Waals surface area (Å²) in [5.74, 6) is 0.505. The molecule has 6 nitrogen and oxygen atoms in total. The summed E-state index contributed by atoms with van der Waals surface area (Å²) in [5.41, 5.74) is 0.547. The largest absolute Gasteiger partial charge is 0.370 e. The maximum absolute atomic E-state index is 12.0. The van der Waals surface area contributed by atoms with E-state index in [2.05, 4.69) is 27.9 Å². The zero-order chi connectivity index (χ0) is 15.1. The van der Waals surface area contributed by atoms with E-state index in [4.69, 9.17) is 0 Å². The zero-order valence-corrected chi connectivity index (χ0v) is 12.3. The molecule has 2 amide bonds. The van der Waals surface area contributed by atoms with E-state index in [-0.39, 0.29) is 11.8 Å². The number of anilines is 1. The van der Waals surface area contributed by atoms with Gasteiger partial charge < -0.3 is 16.0 Å². The van der Waals surface area contributed by atoms with Gasteiger partial charge in [-0.1, -0.05) is 6.92 Å². The van der Waals surface area contributed by atoms with Crippen molar-refractivity contribution in [1.82, 2.24) is 15.6 Å². The second-order valence-electron chi connectivity index (χ2n) is 5.20. The molecule has 0 aliphatic heterocycles. The predicted octanol–water partition coefficient (Wildman–Crippen LogP) is 1.30. The molecule has 1 fully saturated rings. The highest BCUT2D eigenvalue weighted by atomic mass is 16.2. The van der Waals surface area contributed by atoms with E-state index < -0.39 is 0 Å². The van der Waals surface area contributed by atoms with Gasteiger partial charge in [-0.2, -0.15) is 0 Å². The molecular formula is C15H22N4O2. The molecule has 1 aromatic heterocycles. The second-order valence-corrected chi connectivity index (χ2v) is 5.20. The normalized spacial score (nSPS) is 13.6. The summed E-state index contributed by atoms with van der Waals surface area (Å²) in [6.07, 6.45) is 5.06. The number of nitrogens with one attached hydrogen (secondary N) is 3. The van der Waals surface area contributed by atoms with Crippen molar-refractivity contribution in [3.8, 4) is 0 Å². The lowest BCUT2D eigenvalue weighted by Gasteiger charge is -2.08. The van der Waals surface area contributed by atoms with Crippen LogP contribution in [0.3, 0.4) is 0 Å². The van der Waals surface area contributed by atoms with Crippen molar-refractivity contribution in [3.63, 3.8) is 0 Å². The monoisotopic (exact) mass is 290 g/mol. The fourth-order valence-electron chi connectivity index (χ4n) is 1.84. The first-order valence-electron chi connectivity index (χ1n) is 7.46. The number of pyridine rings is 1. The van der Waals surface area contributed by atoms with Gasteiger partial charge in [-0.05, 0) is 31.4 Å². The second kappa shape index (κ2) is 7.61. The number of nitrogens with zero attached hydrogens (tertiary/aromatic N) is 1. The highest BCUT2D eigenvalue weighted by Crippen LogP contribution is 2.18. The van der Waals surface area contributed by atoms with E-state index in [0.717, 1.165) is 25.8 Å². The third-order valence-corrected chi connectivity index (χ3v) is 3.16. The Kier molecular flexibility index (Phi) is 5.54. The van der Waals surface area contributed by atoms with Crippen LogP contribution in [0.15, 0.2) is 18.3 Å². The third-order valence-electron chi connectivity index (χ3n) is 3.16. The summed E-state index contributed by atoms with van der Waals surface area (Å²) in [5, 5.41) is 8.78. The van der Waals surface area contributed by atoms with E-state index in [1.807, 2.05) is 0 Å². The van der Waals surface area contributed by atoms with Crippen LogP contribution in [0.5, 0.6) is 0 Å². The lowest BCUT2D eigenvalue weighted by molar-refractivity contribution is -0.121. The predicted molar refractivity (Wildman–Crippen MR) is 81.1 cm³/mol. The highest BCUT2D eigenvalue weighted by molar-refractivity contribution is 5.95. The molecule has 6 heteroatoms. The SMILES string of the molecule is CCCNc1cc(C(=O)NCCC(=O)NC2CC2)ccn1. The van der Waals surface area contributed by atoms with Crippen molar-refractivity contribution in [3.05, 3.63) is 23.9 Å². The fraction of sp³-hybridized carbons (Fsp3) is 0.533. The molecule has 0 aromatic carbocycles. The maximum Gasteiger partial charge on any atom is 0.251 e. The molecule has 0 radical (unpaired) electrons. The molecule has 21 heavy (non-hydrogen) atoms. The van der Waals surface area contributed by atoms with Gasteiger partial charge in [0.2, 0.25) is 5.91 Å². The molecule has 1 aliphatic carbocycles. The number of hydrogen-bond acceptors (Lipinski definition) is 4. The van der Waals surface area contributed by atoms with Gasteiger partial charge in [0.05, 0.1) is 0 Å². The van der Waals surface area contributed by atoms with Gasteiger partial charge in [0.1, 0.15) is 5.82 Å². The average Bonchev–Trinajstić information content (AvgIpc) is 3.29. The number of rotatable bonds is 8. The summed E-state index contributed by atoms with van der Waals surface area (Å²) in [6.45, 7) is 3.23. The first-order chi connectivity index (χ1) is 10.2. The maximum atomic E-state index is 12.0. The molecule has 1 heterocycles. The number of carbonyl (C=O) groups excluding carboxylic acids is 2. The lowest BCUT2D eigenvalue weighted by Crippen LogP contribution is -2.31.